The summed E-state index contributed by atoms with van der Waals surface area (Å²) in [5, 5.41) is 0. The third kappa shape index (κ3) is 5.21. The van der Waals surface area contributed by atoms with E-state index in [-0.39, 0.29) is 49.1 Å². The first-order chi connectivity index (χ1) is 14.0. The number of rotatable bonds is 4. The van der Waals surface area contributed by atoms with E-state index in [1.54, 1.807) is 31.2 Å². The van der Waals surface area contributed by atoms with Gasteiger partial charge < -0.3 is 4.90 Å². The quantitative estimate of drug-likeness (QED) is 0.680. The third-order valence-electron chi connectivity index (χ3n) is 5.42. The van der Waals surface area contributed by atoms with Gasteiger partial charge in [0.15, 0.2) is 15.6 Å². The molecule has 0 spiro atoms. The van der Waals surface area contributed by atoms with Gasteiger partial charge >= 0.3 is 0 Å². The molecule has 1 unspecified atom stereocenters. The summed E-state index contributed by atoms with van der Waals surface area (Å²) in [7, 11) is -6.68. The van der Waals surface area contributed by atoms with Crippen molar-refractivity contribution >= 4 is 37.2 Å². The Morgan fingerprint density at radius 1 is 1.13 bits per heavy atom. The monoisotopic (exact) mass is 458 g/mol. The Morgan fingerprint density at radius 2 is 1.70 bits per heavy atom. The van der Waals surface area contributed by atoms with Gasteiger partial charge in [-0.15, -0.1) is 0 Å². The summed E-state index contributed by atoms with van der Waals surface area (Å²) in [5.41, 5.74) is 0.707. The minimum atomic E-state index is -3.60. The summed E-state index contributed by atoms with van der Waals surface area (Å²) in [4.78, 5) is 26.9. The van der Waals surface area contributed by atoms with Gasteiger partial charge in [0.1, 0.15) is 0 Å². The van der Waals surface area contributed by atoms with Crippen molar-refractivity contribution in [3.63, 3.8) is 0 Å². The summed E-state index contributed by atoms with van der Waals surface area (Å²) in [6.07, 6.45) is 1.38. The predicted octanol–water partition coefficient (Wildman–Crippen LogP) is 1.72. The van der Waals surface area contributed by atoms with Gasteiger partial charge in [0.2, 0.25) is 15.9 Å². The van der Waals surface area contributed by atoms with Gasteiger partial charge in [0, 0.05) is 31.0 Å². The first-order valence-corrected chi connectivity index (χ1v) is 13.8. The van der Waals surface area contributed by atoms with Crippen molar-refractivity contribution in [3.8, 4) is 0 Å². The summed E-state index contributed by atoms with van der Waals surface area (Å²) >= 11 is 0. The highest BCUT2D eigenvalue weighted by atomic mass is 32.2. The molecular formula is C20H30N2O6S2. The molecule has 30 heavy (non-hydrogen) atoms. The first-order valence-electron chi connectivity index (χ1n) is 10.1. The summed E-state index contributed by atoms with van der Waals surface area (Å²) in [5.74, 6) is -1.11. The largest absolute Gasteiger partial charge is 0.341 e. The molecular weight excluding hydrogens is 428 g/mol. The van der Waals surface area contributed by atoms with E-state index in [1.165, 1.54) is 9.21 Å². The number of para-hydroxylation sites is 1. The minimum Gasteiger partial charge on any atom is -0.341 e. The van der Waals surface area contributed by atoms with E-state index in [2.05, 4.69) is 0 Å². The van der Waals surface area contributed by atoms with Crippen molar-refractivity contribution in [1.29, 1.82) is 0 Å². The highest BCUT2D eigenvalue weighted by molar-refractivity contribution is 7.92. The highest BCUT2D eigenvalue weighted by Gasteiger charge is 2.41. The second kappa shape index (κ2) is 9.47. The van der Waals surface area contributed by atoms with E-state index in [4.69, 9.17) is 0 Å². The van der Waals surface area contributed by atoms with Crippen molar-refractivity contribution in [3.05, 3.63) is 29.8 Å². The Hall–Kier alpha value is -1.94. The molecule has 0 N–H and O–H groups in total. The van der Waals surface area contributed by atoms with E-state index in [9.17, 15) is 26.4 Å². The lowest BCUT2D eigenvalue weighted by Gasteiger charge is -2.39. The number of Topliss-reactive ketones (excluding diaryl/α,β-unsaturated/α-hetero) is 1. The van der Waals surface area contributed by atoms with Crippen LogP contribution in [0.4, 0.5) is 5.69 Å². The van der Waals surface area contributed by atoms with Crippen LogP contribution >= 0.6 is 0 Å². The van der Waals surface area contributed by atoms with Crippen molar-refractivity contribution in [2.24, 2.45) is 5.92 Å². The number of sulfone groups is 1. The molecule has 2 heterocycles. The van der Waals surface area contributed by atoms with Crippen LogP contribution in [0.2, 0.25) is 0 Å². The number of hydrogen-bond donors (Lipinski definition) is 0. The molecule has 0 saturated carbocycles. The fraction of sp³-hybridized carbons (Fsp3) is 0.600. The maximum Gasteiger partial charge on any atom is 0.232 e. The summed E-state index contributed by atoms with van der Waals surface area (Å²) in [6, 6.07) is 5.98. The minimum absolute atomic E-state index is 0.0489. The van der Waals surface area contributed by atoms with E-state index >= 15 is 0 Å². The Balaban J connectivity index is 0.00000155. The second-order valence-electron chi connectivity index (χ2n) is 7.36. The van der Waals surface area contributed by atoms with Crippen molar-refractivity contribution in [1.82, 2.24) is 4.90 Å². The fourth-order valence-electron chi connectivity index (χ4n) is 3.93. The zero-order valence-electron chi connectivity index (χ0n) is 17.9. The molecule has 3 rings (SSSR count). The van der Waals surface area contributed by atoms with Gasteiger partial charge in [-0.05, 0) is 25.5 Å². The standard InChI is InChI=1S/C18H24N2O6S2.C2H6/c1-13-14(7-8-17(21)19-9-11-28(25,26)12-10-19)18(22)15-5-3-4-6-16(15)20(13)27(2,23)24;1-2/h3-6,13-14H,7-12H2,1-2H3;1-2H3/t13-,14?;/m1./s1. The van der Waals surface area contributed by atoms with Crippen LogP contribution in [0.5, 0.6) is 0 Å². The molecule has 0 radical (unpaired) electrons. The Labute approximate surface area is 179 Å². The molecule has 1 saturated heterocycles. The molecule has 1 aromatic carbocycles. The van der Waals surface area contributed by atoms with Crippen LogP contribution in [0.25, 0.3) is 0 Å². The van der Waals surface area contributed by atoms with Crippen LogP contribution in [-0.4, -0.2) is 70.3 Å². The number of nitrogens with zero attached hydrogens (tertiary/aromatic N) is 2. The second-order valence-corrected chi connectivity index (χ2v) is 11.5. The van der Waals surface area contributed by atoms with Crippen LogP contribution in [0.3, 0.4) is 0 Å². The van der Waals surface area contributed by atoms with Gasteiger partial charge in [-0.3, -0.25) is 13.9 Å². The van der Waals surface area contributed by atoms with E-state index in [1.807, 2.05) is 13.8 Å². The molecule has 0 aromatic heterocycles. The molecule has 8 nitrogen and oxygen atoms in total. The van der Waals surface area contributed by atoms with Crippen molar-refractivity contribution in [2.45, 2.75) is 39.7 Å². The molecule has 0 bridgehead atoms. The van der Waals surface area contributed by atoms with Gasteiger partial charge in [0.25, 0.3) is 0 Å². The molecule has 1 aromatic rings. The molecule has 0 aliphatic carbocycles. The maximum atomic E-state index is 12.9. The normalized spacial score (nSPS) is 23.3. The number of ketones is 1. The molecule has 1 amide bonds. The number of sulfonamides is 1. The molecule has 2 aliphatic rings. The van der Waals surface area contributed by atoms with Gasteiger partial charge in [-0.1, -0.05) is 26.0 Å². The van der Waals surface area contributed by atoms with E-state index < -0.39 is 31.8 Å². The highest BCUT2D eigenvalue weighted by Crippen LogP contribution is 2.37. The number of hydrogen-bond acceptors (Lipinski definition) is 6. The Morgan fingerprint density at radius 3 is 2.27 bits per heavy atom. The number of carbonyl (C=O) groups excluding carboxylic acids is 2. The Bertz CT molecular complexity index is 990. The SMILES string of the molecule is CC.C[C@@H]1C(CCC(=O)N2CCS(=O)(=O)CC2)C(=O)c2ccccc2N1S(C)(=O)=O. The molecule has 168 valence electrons. The number of fused-ring (bicyclic) bond motifs is 1. The lowest BCUT2D eigenvalue weighted by Crippen LogP contribution is -2.49. The fourth-order valence-corrected chi connectivity index (χ4v) is 6.40. The number of amides is 1. The topological polar surface area (TPSA) is 109 Å². The van der Waals surface area contributed by atoms with Crippen LogP contribution in [0, 0.1) is 5.92 Å². The van der Waals surface area contributed by atoms with Gasteiger partial charge in [-0.2, -0.15) is 0 Å². The average molecular weight is 459 g/mol. The molecule has 2 aliphatic heterocycles. The lowest BCUT2D eigenvalue weighted by molar-refractivity contribution is -0.131. The molecule has 10 heteroatoms. The number of benzene rings is 1. The van der Waals surface area contributed by atoms with Crippen molar-refractivity contribution in [2.75, 3.05) is 35.2 Å². The number of anilines is 1. The smallest absolute Gasteiger partial charge is 0.232 e. The third-order valence-corrected chi connectivity index (χ3v) is 8.27. The van der Waals surface area contributed by atoms with Crippen LogP contribution in [-0.2, 0) is 24.7 Å². The van der Waals surface area contributed by atoms with E-state index in [0.717, 1.165) is 6.26 Å². The summed E-state index contributed by atoms with van der Waals surface area (Å²) < 4.78 is 49.0. The summed E-state index contributed by atoms with van der Waals surface area (Å²) in [6.45, 7) is 6.00. The zero-order chi connectivity index (χ0) is 22.7. The van der Waals surface area contributed by atoms with Crippen LogP contribution < -0.4 is 4.31 Å². The zero-order valence-corrected chi connectivity index (χ0v) is 19.5. The first kappa shape index (κ1) is 24.3. The van der Waals surface area contributed by atoms with Crippen LogP contribution in [0.1, 0.15) is 44.0 Å². The maximum absolute atomic E-state index is 12.9. The van der Waals surface area contributed by atoms with Gasteiger partial charge in [-0.25, -0.2) is 16.8 Å². The van der Waals surface area contributed by atoms with E-state index in [0.29, 0.717) is 11.3 Å². The number of carbonyl (C=O) groups is 2. The average Bonchev–Trinajstić information content (AvgIpc) is 2.68. The van der Waals surface area contributed by atoms with Gasteiger partial charge in [0.05, 0.1) is 29.5 Å². The Kier molecular flexibility index (Phi) is 7.68. The lowest BCUT2D eigenvalue weighted by atomic mass is 9.83. The van der Waals surface area contributed by atoms with Crippen LogP contribution in [0.15, 0.2) is 24.3 Å². The predicted molar refractivity (Wildman–Crippen MR) is 117 cm³/mol. The molecule has 2 atom stereocenters. The van der Waals surface area contributed by atoms with Crippen molar-refractivity contribution < 1.29 is 26.4 Å². The molecule has 1 fully saturated rings.